The van der Waals surface area contributed by atoms with Crippen LogP contribution in [0.15, 0.2) is 0 Å². The van der Waals surface area contributed by atoms with E-state index in [4.69, 9.17) is 0 Å². The van der Waals surface area contributed by atoms with Crippen molar-refractivity contribution in [1.82, 2.24) is 0 Å². The molecule has 2 nitrogen and oxygen atoms in total. The molecule has 0 heterocycles. The van der Waals surface area contributed by atoms with E-state index in [1.54, 1.807) is 0 Å². The highest BCUT2D eigenvalue weighted by molar-refractivity contribution is 9.06. The van der Waals surface area contributed by atoms with Gasteiger partial charge in [-0.25, -0.2) is 0 Å². The Kier molecular flexibility index (Phi) is 1.32. The standard InChI is InChI=1S/C4H5BrO2/c5-7-4(6)3-1-2-3/h3H,1-2H2. The summed E-state index contributed by atoms with van der Waals surface area (Å²) >= 11 is 2.61. The van der Waals surface area contributed by atoms with Gasteiger partial charge in [-0.2, -0.15) is 0 Å². The first-order valence-corrected chi connectivity index (χ1v) is 2.82. The van der Waals surface area contributed by atoms with E-state index in [0.717, 1.165) is 12.8 Å². The number of carbonyl (C=O) groups excluding carboxylic acids is 1. The molecule has 1 rings (SSSR count). The molecule has 0 amide bonds. The number of hydrogen-bond acceptors (Lipinski definition) is 2. The van der Waals surface area contributed by atoms with Gasteiger partial charge in [-0.3, -0.25) is 4.79 Å². The molecule has 0 N–H and O–H groups in total. The maximum absolute atomic E-state index is 10.3. The van der Waals surface area contributed by atoms with Gasteiger partial charge in [-0.15, -0.1) is 0 Å². The summed E-state index contributed by atoms with van der Waals surface area (Å²) in [5.74, 6) is 0.0828. The topological polar surface area (TPSA) is 26.3 Å². The summed E-state index contributed by atoms with van der Waals surface area (Å²) in [6.07, 6.45) is 2.01. The lowest BCUT2D eigenvalue weighted by Gasteiger charge is -1.85. The summed E-state index contributed by atoms with van der Waals surface area (Å²) < 4.78 is 4.25. The summed E-state index contributed by atoms with van der Waals surface area (Å²) in [5, 5.41) is 0. The molecule has 1 aliphatic carbocycles. The van der Waals surface area contributed by atoms with E-state index < -0.39 is 0 Å². The highest BCUT2D eigenvalue weighted by Crippen LogP contribution is 2.30. The first-order chi connectivity index (χ1) is 3.34. The highest BCUT2D eigenvalue weighted by Gasteiger charge is 2.30. The van der Waals surface area contributed by atoms with Gasteiger partial charge in [0.1, 0.15) is 0 Å². The van der Waals surface area contributed by atoms with E-state index in [1.165, 1.54) is 0 Å². The average Bonchev–Trinajstić information content (AvgIpc) is 2.44. The Bertz CT molecular complexity index is 87.7. The SMILES string of the molecule is O=C(OBr)C1CC1. The van der Waals surface area contributed by atoms with Gasteiger partial charge in [0, 0.05) is 0 Å². The second-order valence-corrected chi connectivity index (χ2v) is 1.99. The zero-order valence-corrected chi connectivity index (χ0v) is 5.27. The minimum absolute atomic E-state index is 0.125. The lowest BCUT2D eigenvalue weighted by molar-refractivity contribution is -0.133. The number of hydrogen-bond donors (Lipinski definition) is 0. The molecule has 7 heavy (non-hydrogen) atoms. The summed E-state index contributed by atoms with van der Waals surface area (Å²) in [4.78, 5) is 10.3. The molecular weight excluding hydrogens is 160 g/mol. The number of carbonyl (C=O) groups is 1. The van der Waals surface area contributed by atoms with Crippen LogP contribution in [0, 0.1) is 5.92 Å². The molecule has 0 radical (unpaired) electrons. The number of rotatable bonds is 1. The zero-order valence-electron chi connectivity index (χ0n) is 3.69. The van der Waals surface area contributed by atoms with Crippen molar-refractivity contribution in [2.45, 2.75) is 12.8 Å². The Labute approximate surface area is 50.3 Å². The molecule has 3 heteroatoms. The van der Waals surface area contributed by atoms with Gasteiger partial charge in [0.15, 0.2) is 16.3 Å². The quantitative estimate of drug-likeness (QED) is 0.584. The van der Waals surface area contributed by atoms with E-state index in [1.807, 2.05) is 0 Å². The molecule has 0 aromatic heterocycles. The van der Waals surface area contributed by atoms with E-state index >= 15 is 0 Å². The van der Waals surface area contributed by atoms with Crippen LogP contribution >= 0.6 is 16.3 Å². The normalized spacial score (nSPS) is 19.0. The van der Waals surface area contributed by atoms with Gasteiger partial charge in [0.25, 0.3) is 0 Å². The molecular formula is C4H5BrO2. The molecule has 0 aliphatic heterocycles. The Morgan fingerprint density at radius 3 is 2.43 bits per heavy atom. The third-order valence-corrected chi connectivity index (χ3v) is 1.31. The van der Waals surface area contributed by atoms with Crippen LogP contribution < -0.4 is 0 Å². The minimum atomic E-state index is -0.125. The first kappa shape index (κ1) is 5.09. The Morgan fingerprint density at radius 1 is 1.71 bits per heavy atom. The third kappa shape index (κ3) is 1.16. The van der Waals surface area contributed by atoms with Gasteiger partial charge in [0.2, 0.25) is 0 Å². The van der Waals surface area contributed by atoms with Crippen molar-refractivity contribution in [3.05, 3.63) is 0 Å². The molecule has 1 saturated carbocycles. The average molecular weight is 165 g/mol. The molecule has 0 saturated heterocycles. The van der Waals surface area contributed by atoms with Crippen molar-refractivity contribution in [2.24, 2.45) is 5.92 Å². The fourth-order valence-electron chi connectivity index (χ4n) is 0.382. The van der Waals surface area contributed by atoms with Crippen molar-refractivity contribution in [2.75, 3.05) is 0 Å². The van der Waals surface area contributed by atoms with Crippen molar-refractivity contribution < 1.29 is 8.62 Å². The second-order valence-electron chi connectivity index (χ2n) is 1.67. The lowest BCUT2D eigenvalue weighted by Crippen LogP contribution is -1.96. The predicted molar refractivity (Wildman–Crippen MR) is 27.7 cm³/mol. The van der Waals surface area contributed by atoms with E-state index in [-0.39, 0.29) is 11.9 Å². The summed E-state index contributed by atoms with van der Waals surface area (Å²) in [7, 11) is 0. The second kappa shape index (κ2) is 1.82. The molecule has 0 spiro atoms. The van der Waals surface area contributed by atoms with Gasteiger partial charge < -0.3 is 3.83 Å². The Morgan fingerprint density at radius 2 is 2.29 bits per heavy atom. The molecule has 0 aromatic rings. The first-order valence-electron chi connectivity index (χ1n) is 2.17. The maximum atomic E-state index is 10.3. The van der Waals surface area contributed by atoms with E-state index in [0.29, 0.717) is 0 Å². The molecule has 0 bridgehead atoms. The van der Waals surface area contributed by atoms with Gasteiger partial charge in [-0.05, 0) is 12.8 Å². The molecule has 40 valence electrons. The molecule has 1 fully saturated rings. The third-order valence-electron chi connectivity index (χ3n) is 0.987. The van der Waals surface area contributed by atoms with Crippen molar-refractivity contribution >= 4 is 22.2 Å². The predicted octanol–water partition coefficient (Wildman–Crippen LogP) is 1.25. The number of halogens is 1. The van der Waals surface area contributed by atoms with Gasteiger partial charge in [-0.1, -0.05) is 0 Å². The van der Waals surface area contributed by atoms with Crippen LogP contribution in [0.1, 0.15) is 12.8 Å². The highest BCUT2D eigenvalue weighted by atomic mass is 79.9. The van der Waals surface area contributed by atoms with Crippen LogP contribution in [-0.2, 0) is 8.62 Å². The molecule has 0 aromatic carbocycles. The Balaban J connectivity index is 2.24. The summed E-state index contributed by atoms with van der Waals surface area (Å²) in [6.45, 7) is 0. The fourth-order valence-corrected chi connectivity index (χ4v) is 0.646. The van der Waals surface area contributed by atoms with Crippen LogP contribution in [0.4, 0.5) is 0 Å². The van der Waals surface area contributed by atoms with Crippen molar-refractivity contribution in [3.8, 4) is 0 Å². The molecule has 1 aliphatic rings. The van der Waals surface area contributed by atoms with Crippen LogP contribution in [0.2, 0.25) is 0 Å². The van der Waals surface area contributed by atoms with Gasteiger partial charge >= 0.3 is 5.97 Å². The van der Waals surface area contributed by atoms with E-state index in [2.05, 4.69) is 20.1 Å². The Hall–Kier alpha value is -0.0500. The summed E-state index contributed by atoms with van der Waals surface area (Å²) in [6, 6.07) is 0. The van der Waals surface area contributed by atoms with Crippen molar-refractivity contribution in [3.63, 3.8) is 0 Å². The minimum Gasteiger partial charge on any atom is -0.383 e. The van der Waals surface area contributed by atoms with E-state index in [9.17, 15) is 4.79 Å². The maximum Gasteiger partial charge on any atom is 0.320 e. The van der Waals surface area contributed by atoms with Crippen LogP contribution in [0.5, 0.6) is 0 Å². The molecule has 0 atom stereocenters. The van der Waals surface area contributed by atoms with Crippen LogP contribution in [-0.4, -0.2) is 5.97 Å². The molecule has 0 unspecified atom stereocenters. The summed E-state index contributed by atoms with van der Waals surface area (Å²) in [5.41, 5.74) is 0. The van der Waals surface area contributed by atoms with Crippen molar-refractivity contribution in [1.29, 1.82) is 0 Å². The largest absolute Gasteiger partial charge is 0.383 e. The van der Waals surface area contributed by atoms with Crippen LogP contribution in [0.25, 0.3) is 0 Å². The smallest absolute Gasteiger partial charge is 0.320 e. The fraction of sp³-hybridized carbons (Fsp3) is 0.750. The monoisotopic (exact) mass is 164 g/mol. The van der Waals surface area contributed by atoms with Gasteiger partial charge in [0.05, 0.1) is 5.92 Å². The lowest BCUT2D eigenvalue weighted by atomic mass is 10.5. The van der Waals surface area contributed by atoms with Crippen LogP contribution in [0.3, 0.4) is 0 Å². The zero-order chi connectivity index (χ0) is 5.28.